The van der Waals surface area contributed by atoms with Crippen molar-refractivity contribution in [2.45, 2.75) is 20.3 Å². The van der Waals surface area contributed by atoms with E-state index in [1.165, 1.54) is 0 Å². The lowest BCUT2D eigenvalue weighted by Crippen LogP contribution is -2.24. The monoisotopic (exact) mass is 313 g/mol. The van der Waals surface area contributed by atoms with E-state index in [2.05, 4.69) is 39.8 Å². The van der Waals surface area contributed by atoms with E-state index in [-0.39, 0.29) is 5.84 Å². The van der Waals surface area contributed by atoms with E-state index in [0.29, 0.717) is 5.92 Å². The van der Waals surface area contributed by atoms with Crippen LogP contribution in [0, 0.1) is 5.92 Å². The Hall–Kier alpha value is -1.23. The molecule has 100 valence electrons. The Balaban J connectivity index is 3.00. The summed E-state index contributed by atoms with van der Waals surface area (Å²) in [6.07, 6.45) is 1.10. The molecule has 0 saturated heterocycles. The van der Waals surface area contributed by atoms with Gasteiger partial charge in [0.2, 0.25) is 0 Å². The minimum atomic E-state index is 0.127. The molecule has 0 bridgehead atoms. The number of hydrogen-bond acceptors (Lipinski definition) is 3. The van der Waals surface area contributed by atoms with Crippen LogP contribution < -0.4 is 10.6 Å². The summed E-state index contributed by atoms with van der Waals surface area (Å²) in [6, 6.07) is 5.78. The number of benzene rings is 1. The first-order valence-electron chi connectivity index (χ1n) is 5.94. The van der Waals surface area contributed by atoms with E-state index < -0.39 is 0 Å². The quantitative estimate of drug-likeness (QED) is 0.380. The standard InChI is InChI=1S/C13H20BrN3O/c1-9(2)6-7-17(3)12-5-4-10(14)8-11(12)13(15)16-18/h4-5,8-9,18H,6-7H2,1-3H3,(H2,15,16). The summed E-state index contributed by atoms with van der Waals surface area (Å²) in [5, 5.41) is 11.9. The van der Waals surface area contributed by atoms with Gasteiger partial charge in [0.05, 0.1) is 0 Å². The van der Waals surface area contributed by atoms with Crippen LogP contribution in [0.5, 0.6) is 0 Å². The molecule has 18 heavy (non-hydrogen) atoms. The summed E-state index contributed by atoms with van der Waals surface area (Å²) in [7, 11) is 2.01. The maximum atomic E-state index is 8.83. The van der Waals surface area contributed by atoms with E-state index in [1.54, 1.807) is 0 Å². The molecule has 0 aliphatic heterocycles. The van der Waals surface area contributed by atoms with Gasteiger partial charge < -0.3 is 15.8 Å². The molecule has 0 unspecified atom stereocenters. The highest BCUT2D eigenvalue weighted by Crippen LogP contribution is 2.24. The molecular weight excluding hydrogens is 294 g/mol. The first-order valence-corrected chi connectivity index (χ1v) is 6.73. The second-order valence-electron chi connectivity index (χ2n) is 4.75. The van der Waals surface area contributed by atoms with Crippen LogP contribution in [0.2, 0.25) is 0 Å². The van der Waals surface area contributed by atoms with Crippen LogP contribution in [0.3, 0.4) is 0 Å². The molecular formula is C13H20BrN3O. The predicted octanol–water partition coefficient (Wildman–Crippen LogP) is 3.03. The molecule has 3 N–H and O–H groups in total. The third-order valence-corrected chi connectivity index (χ3v) is 3.29. The number of hydrogen-bond donors (Lipinski definition) is 2. The third kappa shape index (κ3) is 3.91. The minimum Gasteiger partial charge on any atom is -0.409 e. The van der Waals surface area contributed by atoms with Gasteiger partial charge in [0.15, 0.2) is 5.84 Å². The molecule has 0 aromatic heterocycles. The molecule has 0 fully saturated rings. The van der Waals surface area contributed by atoms with Crippen molar-refractivity contribution in [2.75, 3.05) is 18.5 Å². The molecule has 0 aliphatic carbocycles. The smallest absolute Gasteiger partial charge is 0.172 e. The SMILES string of the molecule is CC(C)CCN(C)c1ccc(Br)cc1/C(N)=N/O. The molecule has 0 radical (unpaired) electrons. The molecule has 0 atom stereocenters. The van der Waals surface area contributed by atoms with E-state index in [9.17, 15) is 0 Å². The normalized spacial score (nSPS) is 11.9. The van der Waals surface area contributed by atoms with Crippen molar-refractivity contribution in [2.24, 2.45) is 16.8 Å². The van der Waals surface area contributed by atoms with Crippen molar-refractivity contribution in [1.29, 1.82) is 0 Å². The first-order chi connectivity index (χ1) is 8.45. The fraction of sp³-hybridized carbons (Fsp3) is 0.462. The van der Waals surface area contributed by atoms with Gasteiger partial charge in [-0.15, -0.1) is 0 Å². The first kappa shape index (κ1) is 14.8. The predicted molar refractivity (Wildman–Crippen MR) is 79.4 cm³/mol. The summed E-state index contributed by atoms with van der Waals surface area (Å²) in [5.41, 5.74) is 7.41. The summed E-state index contributed by atoms with van der Waals surface area (Å²) < 4.78 is 0.908. The maximum absolute atomic E-state index is 8.83. The minimum absolute atomic E-state index is 0.127. The van der Waals surface area contributed by atoms with E-state index in [4.69, 9.17) is 10.9 Å². The highest BCUT2D eigenvalue weighted by atomic mass is 79.9. The van der Waals surface area contributed by atoms with Crippen LogP contribution in [0.4, 0.5) is 5.69 Å². The van der Waals surface area contributed by atoms with E-state index >= 15 is 0 Å². The lowest BCUT2D eigenvalue weighted by Gasteiger charge is -2.23. The summed E-state index contributed by atoms with van der Waals surface area (Å²) in [5.74, 6) is 0.776. The number of rotatable bonds is 5. The summed E-state index contributed by atoms with van der Waals surface area (Å²) in [6.45, 7) is 5.32. The molecule has 0 amide bonds. The van der Waals surface area contributed by atoms with Gasteiger partial charge >= 0.3 is 0 Å². The zero-order chi connectivity index (χ0) is 13.7. The Morgan fingerprint density at radius 2 is 2.17 bits per heavy atom. The second-order valence-corrected chi connectivity index (χ2v) is 5.67. The number of halogens is 1. The van der Waals surface area contributed by atoms with Gasteiger partial charge in [-0.05, 0) is 30.5 Å². The Kier molecular flexibility index (Phi) is 5.47. The average molecular weight is 314 g/mol. The molecule has 1 aromatic carbocycles. The van der Waals surface area contributed by atoms with Gasteiger partial charge in [-0.25, -0.2) is 0 Å². The fourth-order valence-corrected chi connectivity index (χ4v) is 2.03. The average Bonchev–Trinajstić information content (AvgIpc) is 2.34. The van der Waals surface area contributed by atoms with Crippen LogP contribution >= 0.6 is 15.9 Å². The Bertz CT molecular complexity index is 432. The van der Waals surface area contributed by atoms with Gasteiger partial charge in [-0.2, -0.15) is 0 Å². The number of nitrogens with two attached hydrogens (primary N) is 1. The topological polar surface area (TPSA) is 61.8 Å². The highest BCUT2D eigenvalue weighted by Gasteiger charge is 2.12. The third-order valence-electron chi connectivity index (χ3n) is 2.80. The number of amidine groups is 1. The lowest BCUT2D eigenvalue weighted by atomic mass is 10.1. The molecule has 5 heteroatoms. The molecule has 1 aromatic rings. The number of nitrogens with zero attached hydrogens (tertiary/aromatic N) is 2. The summed E-state index contributed by atoms with van der Waals surface area (Å²) >= 11 is 3.39. The highest BCUT2D eigenvalue weighted by molar-refractivity contribution is 9.10. The number of oxime groups is 1. The van der Waals surface area contributed by atoms with Crippen LogP contribution in [0.15, 0.2) is 27.8 Å². The van der Waals surface area contributed by atoms with Crippen molar-refractivity contribution in [3.8, 4) is 0 Å². The van der Waals surface area contributed by atoms with E-state index in [0.717, 1.165) is 28.7 Å². The van der Waals surface area contributed by atoms with Gasteiger partial charge in [-0.3, -0.25) is 0 Å². The Morgan fingerprint density at radius 1 is 1.50 bits per heavy atom. The van der Waals surface area contributed by atoms with Crippen molar-refractivity contribution in [1.82, 2.24) is 0 Å². The molecule has 4 nitrogen and oxygen atoms in total. The Morgan fingerprint density at radius 3 is 2.72 bits per heavy atom. The zero-order valence-corrected chi connectivity index (χ0v) is 12.6. The van der Waals surface area contributed by atoms with Crippen molar-refractivity contribution >= 4 is 27.5 Å². The van der Waals surface area contributed by atoms with Crippen LogP contribution in [-0.2, 0) is 0 Å². The van der Waals surface area contributed by atoms with E-state index in [1.807, 2.05) is 25.2 Å². The zero-order valence-electron chi connectivity index (χ0n) is 11.0. The molecule has 0 saturated carbocycles. The van der Waals surface area contributed by atoms with Crippen molar-refractivity contribution < 1.29 is 5.21 Å². The summed E-state index contributed by atoms with van der Waals surface area (Å²) in [4.78, 5) is 2.12. The fourth-order valence-electron chi connectivity index (χ4n) is 1.67. The molecule has 0 heterocycles. The maximum Gasteiger partial charge on any atom is 0.172 e. The Labute approximate surface area is 117 Å². The van der Waals surface area contributed by atoms with Crippen LogP contribution in [0.1, 0.15) is 25.8 Å². The number of anilines is 1. The van der Waals surface area contributed by atoms with Gasteiger partial charge in [-0.1, -0.05) is 34.9 Å². The van der Waals surface area contributed by atoms with Gasteiger partial charge in [0, 0.05) is 29.3 Å². The van der Waals surface area contributed by atoms with Crippen molar-refractivity contribution in [3.63, 3.8) is 0 Å². The van der Waals surface area contributed by atoms with Crippen molar-refractivity contribution in [3.05, 3.63) is 28.2 Å². The lowest BCUT2D eigenvalue weighted by molar-refractivity contribution is 0.318. The largest absolute Gasteiger partial charge is 0.409 e. The van der Waals surface area contributed by atoms with Crippen LogP contribution in [0.25, 0.3) is 0 Å². The van der Waals surface area contributed by atoms with Gasteiger partial charge in [0.25, 0.3) is 0 Å². The van der Waals surface area contributed by atoms with Gasteiger partial charge in [0.1, 0.15) is 0 Å². The van der Waals surface area contributed by atoms with Crippen LogP contribution in [-0.4, -0.2) is 24.6 Å². The molecule has 0 spiro atoms. The second kappa shape index (κ2) is 6.64. The molecule has 0 aliphatic rings. The molecule has 1 rings (SSSR count).